The van der Waals surface area contributed by atoms with E-state index in [2.05, 4.69) is 28.8 Å². The molecule has 0 bridgehead atoms. The molecule has 2 N–H and O–H groups in total. The van der Waals surface area contributed by atoms with Crippen LogP contribution in [0.1, 0.15) is 75.8 Å². The van der Waals surface area contributed by atoms with Gasteiger partial charge in [0.05, 0.1) is 23.7 Å². The lowest BCUT2D eigenvalue weighted by atomic mass is 9.91. The minimum atomic E-state index is -1.20. The second kappa shape index (κ2) is 16.2. The average molecular weight is 697 g/mol. The molecule has 1 fully saturated rings. The molecule has 11 heteroatoms. The molecule has 266 valence electrons. The van der Waals surface area contributed by atoms with Crippen LogP contribution in [0.25, 0.3) is 0 Å². The first-order valence-corrected chi connectivity index (χ1v) is 17.2. The Kier molecular flexibility index (Phi) is 12.5. The number of esters is 2. The third-order valence-electron chi connectivity index (χ3n) is 9.02. The van der Waals surface area contributed by atoms with Crippen molar-refractivity contribution in [3.8, 4) is 5.75 Å². The van der Waals surface area contributed by atoms with Crippen molar-refractivity contribution in [3.63, 3.8) is 0 Å². The molecule has 2 heterocycles. The summed E-state index contributed by atoms with van der Waals surface area (Å²) >= 11 is 6.33. The van der Waals surface area contributed by atoms with Crippen LogP contribution in [-0.4, -0.2) is 61.8 Å². The number of hydrogen-bond donors (Lipinski definition) is 2. The van der Waals surface area contributed by atoms with Gasteiger partial charge in [-0.2, -0.15) is 0 Å². The van der Waals surface area contributed by atoms with E-state index in [1.54, 1.807) is 38.1 Å². The van der Waals surface area contributed by atoms with Crippen LogP contribution in [-0.2, 0) is 39.8 Å². The maximum Gasteiger partial charge on any atom is 0.347 e. The van der Waals surface area contributed by atoms with Gasteiger partial charge in [0, 0.05) is 25.3 Å². The number of hydrogen-bond acceptors (Lipinski definition) is 8. The lowest BCUT2D eigenvalue weighted by molar-refractivity contribution is -0.179. The van der Waals surface area contributed by atoms with Gasteiger partial charge in [-0.15, -0.1) is 0 Å². The summed E-state index contributed by atoms with van der Waals surface area (Å²) in [6.07, 6.45) is 1.32. The number of benzene rings is 2. The highest BCUT2D eigenvalue weighted by Gasteiger charge is 2.48. The van der Waals surface area contributed by atoms with Crippen molar-refractivity contribution in [2.45, 2.75) is 98.2 Å². The maximum atomic E-state index is 13.7. The SMILES string of the molecule is COc1ccc(C[C@H]2NC(=O)/C=C/C[C@@H]([C@H](C)[C@@H]3O[C@@H]3c3cc(C)ccc3C)OC(=O)[C@H](CC(C)C)OC(=O)C(C)(C)CNC2=O)cc1Cl. The highest BCUT2D eigenvalue weighted by Crippen LogP contribution is 2.46. The predicted molar refractivity (Wildman–Crippen MR) is 186 cm³/mol. The van der Waals surface area contributed by atoms with E-state index in [0.29, 0.717) is 16.3 Å². The Morgan fingerprint density at radius 2 is 1.76 bits per heavy atom. The maximum absolute atomic E-state index is 13.7. The summed E-state index contributed by atoms with van der Waals surface area (Å²) in [5, 5.41) is 5.93. The Labute approximate surface area is 294 Å². The molecule has 49 heavy (non-hydrogen) atoms. The standard InChI is InChI=1S/C38H49ClN2O8/c1-21(2)16-31-36(44)47-29(24(5)33-34(49-33)26-17-22(3)12-13-23(26)4)10-9-11-32(42)41-28(19-25-14-15-30(46-8)27(39)18-25)35(43)40-20-38(6,7)37(45)48-31/h9,11-15,17-18,21,24,28-29,31,33-34H,10,16,19-20H2,1-8H3,(H,40,43)(H,41,42)/b11-9+/t24-,28+,29-,31-,33-,34+/m0/s1. The second-order valence-electron chi connectivity index (χ2n) is 14.2. The van der Waals surface area contributed by atoms with Crippen molar-refractivity contribution in [1.29, 1.82) is 0 Å². The molecule has 0 radical (unpaired) electrons. The van der Waals surface area contributed by atoms with E-state index in [1.807, 2.05) is 34.6 Å². The summed E-state index contributed by atoms with van der Waals surface area (Å²) in [5.74, 6) is -2.07. The van der Waals surface area contributed by atoms with E-state index in [9.17, 15) is 19.2 Å². The van der Waals surface area contributed by atoms with E-state index in [0.717, 1.165) is 16.7 Å². The Morgan fingerprint density at radius 1 is 1.02 bits per heavy atom. The number of aryl methyl sites for hydroxylation is 2. The minimum Gasteiger partial charge on any atom is -0.495 e. The first-order valence-electron chi connectivity index (χ1n) is 16.8. The van der Waals surface area contributed by atoms with Crippen LogP contribution < -0.4 is 15.4 Å². The van der Waals surface area contributed by atoms with E-state index >= 15 is 0 Å². The van der Waals surface area contributed by atoms with E-state index < -0.39 is 47.4 Å². The molecule has 0 aliphatic carbocycles. The first-order chi connectivity index (χ1) is 23.1. The summed E-state index contributed by atoms with van der Waals surface area (Å²) in [7, 11) is 1.51. The number of cyclic esters (lactones) is 2. The van der Waals surface area contributed by atoms with Gasteiger partial charge in [-0.3, -0.25) is 14.4 Å². The lowest BCUT2D eigenvalue weighted by Crippen LogP contribution is -2.51. The van der Waals surface area contributed by atoms with Gasteiger partial charge in [0.1, 0.15) is 24.0 Å². The third-order valence-corrected chi connectivity index (χ3v) is 9.32. The number of nitrogens with one attached hydrogen (secondary N) is 2. The quantitative estimate of drug-likeness (QED) is 0.264. The number of ether oxygens (including phenoxy) is 4. The molecule has 2 aliphatic heterocycles. The molecular formula is C38H49ClN2O8. The topological polar surface area (TPSA) is 133 Å². The number of amides is 2. The Balaban J connectivity index is 1.62. The minimum absolute atomic E-state index is 0.0193. The molecule has 2 aromatic carbocycles. The van der Waals surface area contributed by atoms with Gasteiger partial charge >= 0.3 is 11.9 Å². The van der Waals surface area contributed by atoms with Crippen LogP contribution in [0.15, 0.2) is 48.6 Å². The number of epoxide rings is 1. The number of rotatable bonds is 8. The third kappa shape index (κ3) is 10.1. The fraction of sp³-hybridized carbons (Fsp3) is 0.526. The molecule has 0 unspecified atom stereocenters. The molecule has 2 aliphatic rings. The largest absolute Gasteiger partial charge is 0.495 e. The van der Waals surface area contributed by atoms with Gasteiger partial charge in [-0.1, -0.05) is 68.3 Å². The van der Waals surface area contributed by atoms with Crippen LogP contribution in [0.2, 0.25) is 5.02 Å². The monoisotopic (exact) mass is 696 g/mol. The fourth-order valence-corrected chi connectivity index (χ4v) is 6.15. The van der Waals surface area contributed by atoms with Crippen LogP contribution in [0.4, 0.5) is 0 Å². The van der Waals surface area contributed by atoms with Crippen molar-refractivity contribution in [3.05, 3.63) is 75.8 Å². The number of methoxy groups -OCH3 is 1. The molecular weight excluding hydrogens is 648 g/mol. The molecule has 0 aromatic heterocycles. The Hall–Kier alpha value is -3.89. The van der Waals surface area contributed by atoms with Gasteiger partial charge in [0.25, 0.3) is 0 Å². The predicted octanol–water partition coefficient (Wildman–Crippen LogP) is 5.74. The molecule has 0 saturated carbocycles. The van der Waals surface area contributed by atoms with Crippen molar-refractivity contribution >= 4 is 35.4 Å². The number of halogens is 1. The number of carbonyl (C=O) groups is 4. The van der Waals surface area contributed by atoms with Gasteiger partial charge in [0.2, 0.25) is 11.8 Å². The zero-order valence-corrected chi connectivity index (χ0v) is 30.4. The van der Waals surface area contributed by atoms with Gasteiger partial charge in [0.15, 0.2) is 6.10 Å². The average Bonchev–Trinajstić information content (AvgIpc) is 3.83. The van der Waals surface area contributed by atoms with Crippen molar-refractivity contribution in [2.75, 3.05) is 13.7 Å². The smallest absolute Gasteiger partial charge is 0.347 e. The van der Waals surface area contributed by atoms with E-state index in [1.165, 1.54) is 13.2 Å². The zero-order valence-electron chi connectivity index (χ0n) is 29.6. The van der Waals surface area contributed by atoms with Crippen LogP contribution in [0.3, 0.4) is 0 Å². The second-order valence-corrected chi connectivity index (χ2v) is 14.6. The molecule has 6 atom stereocenters. The Morgan fingerprint density at radius 3 is 2.43 bits per heavy atom. The first kappa shape index (κ1) is 37.9. The molecule has 10 nitrogen and oxygen atoms in total. The normalized spacial score (nSPS) is 26.2. The molecule has 4 rings (SSSR count). The van der Waals surface area contributed by atoms with Crippen LogP contribution in [0.5, 0.6) is 5.75 Å². The number of carbonyl (C=O) groups excluding carboxylic acids is 4. The summed E-state index contributed by atoms with van der Waals surface area (Å²) in [5.41, 5.74) is 2.81. The van der Waals surface area contributed by atoms with Crippen LogP contribution in [0, 0.1) is 31.1 Å². The van der Waals surface area contributed by atoms with Crippen molar-refractivity contribution in [1.82, 2.24) is 10.6 Å². The highest BCUT2D eigenvalue weighted by atomic mass is 35.5. The zero-order chi connectivity index (χ0) is 36.0. The lowest BCUT2D eigenvalue weighted by Gasteiger charge is -2.29. The van der Waals surface area contributed by atoms with Crippen LogP contribution >= 0.6 is 11.6 Å². The van der Waals surface area contributed by atoms with Gasteiger partial charge in [-0.25, -0.2) is 4.79 Å². The summed E-state index contributed by atoms with van der Waals surface area (Å²) in [4.78, 5) is 53.8. The molecule has 2 aromatic rings. The summed E-state index contributed by atoms with van der Waals surface area (Å²) in [6, 6.07) is 10.4. The van der Waals surface area contributed by atoms with Gasteiger partial charge in [-0.05, 0) is 74.9 Å². The highest BCUT2D eigenvalue weighted by molar-refractivity contribution is 6.32. The molecule has 1 saturated heterocycles. The fourth-order valence-electron chi connectivity index (χ4n) is 5.87. The van der Waals surface area contributed by atoms with Crippen molar-refractivity contribution < 1.29 is 38.1 Å². The van der Waals surface area contributed by atoms with E-state index in [-0.39, 0.29) is 49.9 Å². The van der Waals surface area contributed by atoms with Gasteiger partial charge < -0.3 is 29.6 Å². The summed E-state index contributed by atoms with van der Waals surface area (Å²) in [6.45, 7) is 13.0. The molecule has 0 spiro atoms. The van der Waals surface area contributed by atoms with Crippen molar-refractivity contribution in [2.24, 2.45) is 17.3 Å². The van der Waals surface area contributed by atoms with E-state index in [4.69, 9.17) is 30.5 Å². The Bertz CT molecular complexity index is 1570. The summed E-state index contributed by atoms with van der Waals surface area (Å²) < 4.78 is 23.3. The molecule has 2 amide bonds.